The summed E-state index contributed by atoms with van der Waals surface area (Å²) in [5, 5.41) is 14.1. The molecule has 0 amide bonds. The summed E-state index contributed by atoms with van der Waals surface area (Å²) in [5.41, 5.74) is 1.31. The van der Waals surface area contributed by atoms with E-state index in [1.54, 1.807) is 12.1 Å². The van der Waals surface area contributed by atoms with Crippen LogP contribution in [0.2, 0.25) is 0 Å². The van der Waals surface area contributed by atoms with Gasteiger partial charge in [-0.2, -0.15) is 0 Å². The summed E-state index contributed by atoms with van der Waals surface area (Å²) < 4.78 is 5.04. The van der Waals surface area contributed by atoms with Crippen LogP contribution in [0.5, 0.6) is 5.75 Å². The zero-order chi connectivity index (χ0) is 13.2. The van der Waals surface area contributed by atoms with Crippen molar-refractivity contribution in [3.63, 3.8) is 0 Å². The minimum absolute atomic E-state index is 0.000299. The van der Waals surface area contributed by atoms with Crippen LogP contribution in [-0.4, -0.2) is 18.6 Å². The smallest absolute Gasteiger partial charge is 0.311 e. The number of nitro benzene ring substituents is 1. The Balaban J connectivity index is 2.08. The van der Waals surface area contributed by atoms with Gasteiger partial charge >= 0.3 is 5.69 Å². The highest BCUT2D eigenvalue weighted by Crippen LogP contribution is 2.48. The number of rotatable bonds is 6. The molecule has 1 aliphatic carbocycles. The molecule has 1 fully saturated rings. The van der Waals surface area contributed by atoms with Crippen LogP contribution in [0.1, 0.15) is 26.2 Å². The Kier molecular flexibility index (Phi) is 3.41. The van der Waals surface area contributed by atoms with E-state index in [1.807, 2.05) is 0 Å². The van der Waals surface area contributed by atoms with Crippen LogP contribution in [0.15, 0.2) is 18.2 Å². The Morgan fingerprint density at radius 3 is 2.72 bits per heavy atom. The fraction of sp³-hybridized carbons (Fsp3) is 0.538. The minimum atomic E-state index is -0.433. The lowest BCUT2D eigenvalue weighted by Crippen LogP contribution is -2.14. The standard InChI is InChI=1S/C13H18N2O3/c1-3-13(6-7-13)9-14-10-4-5-11(15(16)17)12(8-10)18-2/h4-5,8,14H,3,6-7,9H2,1-2H3. The number of hydrogen-bond acceptors (Lipinski definition) is 4. The summed E-state index contributed by atoms with van der Waals surface area (Å²) in [6.07, 6.45) is 3.70. The molecule has 0 radical (unpaired) electrons. The zero-order valence-corrected chi connectivity index (χ0v) is 10.7. The first-order chi connectivity index (χ1) is 8.60. The van der Waals surface area contributed by atoms with Gasteiger partial charge < -0.3 is 10.1 Å². The molecule has 0 heterocycles. The van der Waals surface area contributed by atoms with E-state index in [2.05, 4.69) is 12.2 Å². The quantitative estimate of drug-likeness (QED) is 0.622. The van der Waals surface area contributed by atoms with Crippen molar-refractivity contribution in [2.75, 3.05) is 19.0 Å². The number of nitrogens with zero attached hydrogens (tertiary/aromatic N) is 1. The lowest BCUT2D eigenvalue weighted by Gasteiger charge is -2.15. The largest absolute Gasteiger partial charge is 0.490 e. The van der Waals surface area contributed by atoms with Gasteiger partial charge in [-0.1, -0.05) is 6.92 Å². The highest BCUT2D eigenvalue weighted by Gasteiger charge is 2.40. The van der Waals surface area contributed by atoms with Crippen LogP contribution in [-0.2, 0) is 0 Å². The first kappa shape index (κ1) is 12.7. The number of hydrogen-bond donors (Lipinski definition) is 1. The third kappa shape index (κ3) is 2.55. The maximum Gasteiger partial charge on any atom is 0.311 e. The summed E-state index contributed by atoms with van der Waals surface area (Å²) in [7, 11) is 1.44. The molecule has 1 aromatic carbocycles. The average Bonchev–Trinajstić information content (AvgIpc) is 3.16. The monoisotopic (exact) mass is 250 g/mol. The molecule has 1 N–H and O–H groups in total. The molecule has 98 valence electrons. The van der Waals surface area contributed by atoms with E-state index in [1.165, 1.54) is 32.4 Å². The van der Waals surface area contributed by atoms with Gasteiger partial charge in [-0.25, -0.2) is 0 Å². The minimum Gasteiger partial charge on any atom is -0.490 e. The molecule has 0 atom stereocenters. The SMILES string of the molecule is CCC1(CNc2ccc([N+](=O)[O-])c(OC)c2)CC1. The van der Waals surface area contributed by atoms with E-state index in [-0.39, 0.29) is 5.69 Å². The first-order valence-electron chi connectivity index (χ1n) is 6.16. The van der Waals surface area contributed by atoms with Gasteiger partial charge in [-0.05, 0) is 30.7 Å². The average molecular weight is 250 g/mol. The summed E-state index contributed by atoms with van der Waals surface area (Å²) in [6, 6.07) is 4.89. The van der Waals surface area contributed by atoms with Crippen molar-refractivity contribution in [1.29, 1.82) is 0 Å². The second kappa shape index (κ2) is 4.84. The van der Waals surface area contributed by atoms with Gasteiger partial charge in [0, 0.05) is 24.4 Å². The van der Waals surface area contributed by atoms with Crippen molar-refractivity contribution in [3.05, 3.63) is 28.3 Å². The predicted molar refractivity (Wildman–Crippen MR) is 70.1 cm³/mol. The van der Waals surface area contributed by atoms with Gasteiger partial charge in [-0.3, -0.25) is 10.1 Å². The highest BCUT2D eigenvalue weighted by molar-refractivity contribution is 5.58. The summed E-state index contributed by atoms with van der Waals surface area (Å²) in [4.78, 5) is 10.3. The van der Waals surface area contributed by atoms with Gasteiger partial charge in [0.25, 0.3) is 0 Å². The van der Waals surface area contributed by atoms with Crippen molar-refractivity contribution in [2.45, 2.75) is 26.2 Å². The van der Waals surface area contributed by atoms with Crippen molar-refractivity contribution in [3.8, 4) is 5.75 Å². The van der Waals surface area contributed by atoms with Gasteiger partial charge in [0.15, 0.2) is 5.75 Å². The van der Waals surface area contributed by atoms with Gasteiger partial charge in [0.2, 0.25) is 0 Å². The van der Waals surface area contributed by atoms with Gasteiger partial charge in [0.1, 0.15) is 0 Å². The van der Waals surface area contributed by atoms with Gasteiger partial charge in [0.05, 0.1) is 12.0 Å². The Morgan fingerprint density at radius 2 is 2.22 bits per heavy atom. The summed E-state index contributed by atoms with van der Waals surface area (Å²) in [5.74, 6) is 0.298. The molecule has 18 heavy (non-hydrogen) atoms. The second-order valence-electron chi connectivity index (χ2n) is 4.85. The molecule has 0 aliphatic heterocycles. The van der Waals surface area contributed by atoms with E-state index in [0.717, 1.165) is 12.2 Å². The van der Waals surface area contributed by atoms with E-state index in [9.17, 15) is 10.1 Å². The normalized spacial score (nSPS) is 16.1. The third-order valence-electron chi connectivity index (χ3n) is 3.75. The lowest BCUT2D eigenvalue weighted by molar-refractivity contribution is -0.385. The van der Waals surface area contributed by atoms with Crippen LogP contribution < -0.4 is 10.1 Å². The topological polar surface area (TPSA) is 64.4 Å². The van der Waals surface area contributed by atoms with E-state index >= 15 is 0 Å². The highest BCUT2D eigenvalue weighted by atomic mass is 16.6. The van der Waals surface area contributed by atoms with Crippen LogP contribution >= 0.6 is 0 Å². The fourth-order valence-electron chi connectivity index (χ4n) is 2.06. The van der Waals surface area contributed by atoms with Crippen molar-refractivity contribution in [1.82, 2.24) is 0 Å². The second-order valence-corrected chi connectivity index (χ2v) is 4.85. The van der Waals surface area contributed by atoms with Crippen molar-refractivity contribution in [2.24, 2.45) is 5.41 Å². The Bertz CT molecular complexity index is 456. The van der Waals surface area contributed by atoms with Crippen molar-refractivity contribution < 1.29 is 9.66 Å². The molecule has 2 rings (SSSR count). The zero-order valence-electron chi connectivity index (χ0n) is 10.7. The molecule has 0 unspecified atom stereocenters. The van der Waals surface area contributed by atoms with Crippen LogP contribution in [0.3, 0.4) is 0 Å². The molecular weight excluding hydrogens is 232 g/mol. The lowest BCUT2D eigenvalue weighted by atomic mass is 10.0. The molecule has 1 aliphatic rings. The molecule has 1 saturated carbocycles. The number of anilines is 1. The maximum absolute atomic E-state index is 10.8. The molecule has 0 spiro atoms. The molecule has 0 bridgehead atoms. The number of nitro groups is 1. The molecule has 0 saturated heterocycles. The van der Waals surface area contributed by atoms with Crippen LogP contribution in [0.25, 0.3) is 0 Å². The summed E-state index contributed by atoms with van der Waals surface area (Å²) >= 11 is 0. The number of nitrogens with one attached hydrogen (secondary N) is 1. The number of methoxy groups -OCH3 is 1. The Labute approximate surface area is 106 Å². The number of benzene rings is 1. The first-order valence-corrected chi connectivity index (χ1v) is 6.16. The van der Waals surface area contributed by atoms with Crippen LogP contribution in [0, 0.1) is 15.5 Å². The molecule has 5 nitrogen and oxygen atoms in total. The number of ether oxygens (including phenoxy) is 1. The maximum atomic E-state index is 10.8. The van der Waals surface area contributed by atoms with Crippen molar-refractivity contribution >= 4 is 11.4 Å². The van der Waals surface area contributed by atoms with E-state index in [0.29, 0.717) is 11.2 Å². The predicted octanol–water partition coefficient (Wildman–Crippen LogP) is 3.21. The Hall–Kier alpha value is -1.78. The fourth-order valence-corrected chi connectivity index (χ4v) is 2.06. The molecule has 1 aromatic rings. The third-order valence-corrected chi connectivity index (χ3v) is 3.75. The van der Waals surface area contributed by atoms with Gasteiger partial charge in [-0.15, -0.1) is 0 Å². The molecule has 5 heteroatoms. The van der Waals surface area contributed by atoms with E-state index < -0.39 is 4.92 Å². The molecular formula is C13H18N2O3. The van der Waals surface area contributed by atoms with E-state index in [4.69, 9.17) is 4.74 Å². The molecule has 0 aromatic heterocycles. The Morgan fingerprint density at radius 1 is 1.50 bits per heavy atom. The van der Waals surface area contributed by atoms with Crippen LogP contribution in [0.4, 0.5) is 11.4 Å². The summed E-state index contributed by atoms with van der Waals surface area (Å²) in [6.45, 7) is 3.12.